The molecule has 0 unspecified atom stereocenters. The number of thiophene rings is 1. The van der Waals surface area contributed by atoms with Crippen LogP contribution in [-0.4, -0.2) is 46.0 Å². The molecule has 1 amide bonds. The van der Waals surface area contributed by atoms with Crippen LogP contribution in [0.15, 0.2) is 40.8 Å². The molecule has 1 aliphatic heterocycles. The molecule has 2 aromatic heterocycles. The number of halogens is 1. The minimum Gasteiger partial charge on any atom is -0.337 e. The van der Waals surface area contributed by atoms with Gasteiger partial charge in [0, 0.05) is 49.6 Å². The average Bonchev–Trinajstić information content (AvgIpc) is 3.13. The van der Waals surface area contributed by atoms with Crippen molar-refractivity contribution in [2.75, 3.05) is 19.6 Å². The van der Waals surface area contributed by atoms with Crippen LogP contribution in [0, 0.1) is 6.92 Å². The fraction of sp³-hybridized carbons (Fsp3) is 0.381. The molecule has 1 fully saturated rings. The average molecular weight is 433 g/mol. The lowest BCUT2D eigenvalue weighted by atomic mass is 10.1. The fourth-order valence-corrected chi connectivity index (χ4v) is 4.55. The Morgan fingerprint density at radius 1 is 1.31 bits per heavy atom. The molecular weight excluding hydrogens is 408 g/mol. The van der Waals surface area contributed by atoms with Gasteiger partial charge in [0.25, 0.3) is 5.56 Å². The number of rotatable bonds is 4. The van der Waals surface area contributed by atoms with Gasteiger partial charge in [-0.15, -0.1) is 23.7 Å². The molecule has 0 radical (unpaired) electrons. The summed E-state index contributed by atoms with van der Waals surface area (Å²) in [6.07, 6.45) is 1.87. The van der Waals surface area contributed by atoms with Crippen molar-refractivity contribution in [2.45, 2.75) is 32.9 Å². The Kier molecular flexibility index (Phi) is 6.72. The first-order valence-electron chi connectivity index (χ1n) is 9.58. The van der Waals surface area contributed by atoms with Gasteiger partial charge < -0.3 is 10.2 Å². The molecule has 1 N–H and O–H groups in total. The van der Waals surface area contributed by atoms with Crippen molar-refractivity contribution in [1.82, 2.24) is 19.8 Å². The Bertz CT molecular complexity index is 1060. The Balaban J connectivity index is 0.00000240. The third-order valence-corrected chi connectivity index (χ3v) is 6.20. The lowest BCUT2D eigenvalue weighted by Crippen LogP contribution is -2.52. The molecule has 3 aromatic rings. The van der Waals surface area contributed by atoms with Crippen molar-refractivity contribution in [3.05, 3.63) is 51.9 Å². The van der Waals surface area contributed by atoms with E-state index in [1.165, 1.54) is 16.9 Å². The number of nitrogens with zero attached hydrogens (tertiary/aromatic N) is 3. The highest BCUT2D eigenvalue weighted by Crippen LogP contribution is 2.30. The first-order chi connectivity index (χ1) is 13.5. The van der Waals surface area contributed by atoms with Gasteiger partial charge in [0.2, 0.25) is 5.91 Å². The fourth-order valence-electron chi connectivity index (χ4n) is 3.64. The second-order valence-corrected chi connectivity index (χ2v) is 8.19. The van der Waals surface area contributed by atoms with E-state index >= 15 is 0 Å². The quantitative estimate of drug-likeness (QED) is 0.688. The zero-order chi connectivity index (χ0) is 19.7. The zero-order valence-electron chi connectivity index (χ0n) is 16.6. The number of piperazine rings is 1. The maximum Gasteiger partial charge on any atom is 0.262 e. The summed E-state index contributed by atoms with van der Waals surface area (Å²) < 4.78 is 1.57. The van der Waals surface area contributed by atoms with E-state index in [-0.39, 0.29) is 29.9 Å². The van der Waals surface area contributed by atoms with Gasteiger partial charge >= 0.3 is 0 Å². The Hall–Kier alpha value is -2.22. The molecule has 29 heavy (non-hydrogen) atoms. The Morgan fingerprint density at radius 3 is 2.79 bits per heavy atom. The maximum atomic E-state index is 13.1. The van der Waals surface area contributed by atoms with E-state index in [0.717, 1.165) is 29.0 Å². The number of nitrogens with one attached hydrogen (secondary N) is 1. The molecule has 1 aliphatic rings. The molecule has 154 valence electrons. The SMILES string of the molecule is Cc1ccc(-c2csc3ncn(CCC(=O)N4CCNC[C@@H]4C)c(=O)c23)cc1.Cl. The predicted molar refractivity (Wildman–Crippen MR) is 120 cm³/mol. The number of aromatic nitrogens is 2. The van der Waals surface area contributed by atoms with Crippen LogP contribution in [0.1, 0.15) is 18.9 Å². The predicted octanol–water partition coefficient (Wildman–Crippen LogP) is 3.07. The molecule has 1 aromatic carbocycles. The number of hydrogen-bond acceptors (Lipinski definition) is 5. The summed E-state index contributed by atoms with van der Waals surface area (Å²) in [5, 5.41) is 5.91. The topological polar surface area (TPSA) is 67.2 Å². The third kappa shape index (κ3) is 4.37. The number of hydrogen-bond donors (Lipinski definition) is 1. The zero-order valence-corrected chi connectivity index (χ0v) is 18.2. The van der Waals surface area contributed by atoms with Crippen LogP contribution in [0.3, 0.4) is 0 Å². The molecule has 6 nitrogen and oxygen atoms in total. The largest absolute Gasteiger partial charge is 0.337 e. The monoisotopic (exact) mass is 432 g/mol. The highest BCUT2D eigenvalue weighted by atomic mass is 35.5. The van der Waals surface area contributed by atoms with E-state index in [9.17, 15) is 9.59 Å². The van der Waals surface area contributed by atoms with Gasteiger partial charge in [-0.05, 0) is 19.4 Å². The molecule has 0 aliphatic carbocycles. The molecule has 1 atom stereocenters. The maximum absolute atomic E-state index is 13.1. The lowest BCUT2D eigenvalue weighted by Gasteiger charge is -2.34. The number of amides is 1. The van der Waals surface area contributed by atoms with Crippen molar-refractivity contribution in [2.24, 2.45) is 0 Å². The first kappa shape index (κ1) is 21.5. The van der Waals surface area contributed by atoms with Gasteiger partial charge in [0.15, 0.2) is 0 Å². The van der Waals surface area contributed by atoms with E-state index in [1.807, 2.05) is 48.4 Å². The van der Waals surface area contributed by atoms with Crippen molar-refractivity contribution >= 4 is 39.9 Å². The van der Waals surface area contributed by atoms with E-state index in [1.54, 1.807) is 10.9 Å². The number of carbonyl (C=O) groups excluding carboxylic acids is 1. The summed E-state index contributed by atoms with van der Waals surface area (Å²) in [4.78, 5) is 32.8. The van der Waals surface area contributed by atoms with Crippen LogP contribution in [-0.2, 0) is 11.3 Å². The Labute approximate surface area is 180 Å². The normalized spacial score (nSPS) is 16.6. The summed E-state index contributed by atoms with van der Waals surface area (Å²) in [6.45, 7) is 6.78. The van der Waals surface area contributed by atoms with Gasteiger partial charge in [-0.2, -0.15) is 0 Å². The van der Waals surface area contributed by atoms with Crippen molar-refractivity contribution in [3.8, 4) is 11.1 Å². The van der Waals surface area contributed by atoms with Crippen LogP contribution in [0.2, 0.25) is 0 Å². The van der Waals surface area contributed by atoms with Crippen LogP contribution < -0.4 is 10.9 Å². The van der Waals surface area contributed by atoms with Gasteiger partial charge in [-0.25, -0.2) is 4.98 Å². The van der Waals surface area contributed by atoms with Crippen molar-refractivity contribution in [3.63, 3.8) is 0 Å². The molecule has 0 saturated carbocycles. The smallest absolute Gasteiger partial charge is 0.262 e. The molecular formula is C21H25ClN4O2S. The van der Waals surface area contributed by atoms with Crippen LogP contribution >= 0.6 is 23.7 Å². The van der Waals surface area contributed by atoms with Crippen LogP contribution in [0.4, 0.5) is 0 Å². The first-order valence-corrected chi connectivity index (χ1v) is 10.5. The van der Waals surface area contributed by atoms with Gasteiger partial charge in [0.05, 0.1) is 11.7 Å². The molecule has 0 bridgehead atoms. The molecule has 4 rings (SSSR count). The molecule has 3 heterocycles. The van der Waals surface area contributed by atoms with Crippen molar-refractivity contribution in [1.29, 1.82) is 0 Å². The van der Waals surface area contributed by atoms with Crippen LogP contribution in [0.25, 0.3) is 21.3 Å². The molecule has 8 heteroatoms. The van der Waals surface area contributed by atoms with E-state index in [0.29, 0.717) is 24.9 Å². The summed E-state index contributed by atoms with van der Waals surface area (Å²) in [7, 11) is 0. The number of carbonyl (C=O) groups is 1. The highest BCUT2D eigenvalue weighted by Gasteiger charge is 2.23. The number of aryl methyl sites for hydroxylation is 2. The van der Waals surface area contributed by atoms with Gasteiger partial charge in [-0.1, -0.05) is 29.8 Å². The minimum atomic E-state index is -0.0806. The minimum absolute atomic E-state index is 0. The number of benzene rings is 1. The second-order valence-electron chi connectivity index (χ2n) is 7.33. The van der Waals surface area contributed by atoms with E-state index < -0.39 is 0 Å². The molecule has 0 spiro atoms. The number of fused-ring (bicyclic) bond motifs is 1. The van der Waals surface area contributed by atoms with E-state index in [2.05, 4.69) is 10.3 Å². The molecule has 1 saturated heterocycles. The van der Waals surface area contributed by atoms with Crippen molar-refractivity contribution < 1.29 is 4.79 Å². The standard InChI is InChI=1S/C21H24N4O2S.ClH/c1-14-3-5-16(6-4-14)17-12-28-20-19(17)21(27)24(13-23-20)9-7-18(26)25-10-8-22-11-15(25)2;/h3-6,12-13,15,22H,7-11H2,1-2H3;1H/t15-;/m0./s1. The highest BCUT2D eigenvalue weighted by molar-refractivity contribution is 7.17. The van der Waals surface area contributed by atoms with Gasteiger partial charge in [0.1, 0.15) is 4.83 Å². The summed E-state index contributed by atoms with van der Waals surface area (Å²) >= 11 is 1.48. The van der Waals surface area contributed by atoms with Gasteiger partial charge in [-0.3, -0.25) is 14.2 Å². The summed E-state index contributed by atoms with van der Waals surface area (Å²) in [5.41, 5.74) is 3.02. The second kappa shape index (κ2) is 9.07. The van der Waals surface area contributed by atoms with E-state index in [4.69, 9.17) is 0 Å². The summed E-state index contributed by atoms with van der Waals surface area (Å²) in [5.74, 6) is 0.0880. The lowest BCUT2D eigenvalue weighted by molar-refractivity contribution is -0.134. The summed E-state index contributed by atoms with van der Waals surface area (Å²) in [6, 6.07) is 8.33. The van der Waals surface area contributed by atoms with Crippen LogP contribution in [0.5, 0.6) is 0 Å². The Morgan fingerprint density at radius 2 is 2.07 bits per heavy atom. The third-order valence-electron chi connectivity index (χ3n) is 5.31.